The summed E-state index contributed by atoms with van der Waals surface area (Å²) in [4.78, 5) is 14.3. The molecule has 0 saturated carbocycles. The molecule has 0 radical (unpaired) electrons. The summed E-state index contributed by atoms with van der Waals surface area (Å²) in [5.41, 5.74) is 0.187. The maximum Gasteiger partial charge on any atom is 0.422 e. The third kappa shape index (κ3) is 6.41. The molecular formula is C12H15F3N2O4. The molecule has 0 fully saturated rings. The van der Waals surface area contributed by atoms with Gasteiger partial charge in [0.15, 0.2) is 6.61 Å². The molecule has 6 nitrogen and oxygen atoms in total. The predicted octanol–water partition coefficient (Wildman–Crippen LogP) is 0.553. The Kier molecular flexibility index (Phi) is 5.91. The van der Waals surface area contributed by atoms with Crippen LogP contribution in [0, 0.1) is 0 Å². The van der Waals surface area contributed by atoms with E-state index in [0.29, 0.717) is 0 Å². The molecule has 0 aliphatic rings. The molecule has 21 heavy (non-hydrogen) atoms. The summed E-state index contributed by atoms with van der Waals surface area (Å²) in [7, 11) is 0. The summed E-state index contributed by atoms with van der Waals surface area (Å²) in [6.45, 7) is -0.372. The molecule has 0 bridgehead atoms. The molecule has 0 saturated heterocycles. The van der Waals surface area contributed by atoms with Crippen molar-refractivity contribution in [1.82, 2.24) is 10.3 Å². The number of aromatic nitrogens is 1. The molecule has 0 aliphatic heterocycles. The Bertz CT molecular complexity index is 465. The minimum atomic E-state index is -4.46. The van der Waals surface area contributed by atoms with E-state index in [4.69, 9.17) is 0 Å². The van der Waals surface area contributed by atoms with Crippen molar-refractivity contribution in [2.45, 2.75) is 25.3 Å². The highest BCUT2D eigenvalue weighted by Crippen LogP contribution is 2.20. The molecule has 1 aromatic heterocycles. The van der Waals surface area contributed by atoms with Crippen LogP contribution < -0.4 is 10.1 Å². The first-order valence-electron chi connectivity index (χ1n) is 5.95. The van der Waals surface area contributed by atoms with Gasteiger partial charge in [0, 0.05) is 31.3 Å². The largest absolute Gasteiger partial charge is 0.468 e. The van der Waals surface area contributed by atoms with Crippen LogP contribution in [0.2, 0.25) is 0 Å². The van der Waals surface area contributed by atoms with Crippen LogP contribution in [0.1, 0.15) is 18.6 Å². The van der Waals surface area contributed by atoms with Crippen molar-refractivity contribution in [3.8, 4) is 5.88 Å². The fourth-order valence-electron chi connectivity index (χ4n) is 1.39. The fraction of sp³-hybridized carbons (Fsp3) is 0.500. The Morgan fingerprint density at radius 1 is 1.43 bits per heavy atom. The van der Waals surface area contributed by atoms with Crippen LogP contribution in [0.5, 0.6) is 5.88 Å². The Morgan fingerprint density at radius 3 is 2.57 bits per heavy atom. The third-order valence-corrected chi connectivity index (χ3v) is 2.41. The van der Waals surface area contributed by atoms with E-state index < -0.39 is 25.0 Å². The molecule has 0 spiro atoms. The summed E-state index contributed by atoms with van der Waals surface area (Å²) in [6.07, 6.45) is -5.97. The molecule has 1 amide bonds. The van der Waals surface area contributed by atoms with Gasteiger partial charge in [-0.25, -0.2) is 4.98 Å². The van der Waals surface area contributed by atoms with Crippen LogP contribution in [0.4, 0.5) is 13.2 Å². The highest BCUT2D eigenvalue weighted by atomic mass is 19.4. The number of hydrogen-bond acceptors (Lipinski definition) is 5. The van der Waals surface area contributed by atoms with Crippen LogP contribution >= 0.6 is 0 Å². The van der Waals surface area contributed by atoms with Crippen molar-refractivity contribution in [2.75, 3.05) is 13.2 Å². The minimum absolute atomic E-state index is 0.164. The van der Waals surface area contributed by atoms with Crippen molar-refractivity contribution >= 4 is 5.91 Å². The van der Waals surface area contributed by atoms with Gasteiger partial charge in [-0.1, -0.05) is 0 Å². The van der Waals surface area contributed by atoms with E-state index in [1.807, 2.05) is 0 Å². The molecule has 0 aromatic carbocycles. The van der Waals surface area contributed by atoms with E-state index in [1.54, 1.807) is 0 Å². The lowest BCUT2D eigenvalue weighted by atomic mass is 10.1. The molecule has 1 heterocycles. The van der Waals surface area contributed by atoms with Gasteiger partial charge in [0.2, 0.25) is 11.8 Å². The maximum absolute atomic E-state index is 11.9. The number of alkyl halides is 3. The number of rotatable bonds is 6. The second-order valence-corrected chi connectivity index (χ2v) is 4.28. The second-order valence-electron chi connectivity index (χ2n) is 4.28. The smallest absolute Gasteiger partial charge is 0.422 e. The zero-order valence-corrected chi connectivity index (χ0v) is 11.1. The first kappa shape index (κ1) is 17.2. The number of aliphatic hydroxyl groups is 2. The number of aliphatic hydroxyl groups excluding tert-OH is 2. The van der Waals surface area contributed by atoms with Gasteiger partial charge in [-0.15, -0.1) is 0 Å². The SMILES string of the molecule is CC(=O)NCC(O)C(O)c1ccc(OCC(F)(F)F)nc1. The molecular weight excluding hydrogens is 293 g/mol. The molecule has 9 heteroatoms. The summed E-state index contributed by atoms with van der Waals surface area (Å²) < 4.78 is 40.2. The van der Waals surface area contributed by atoms with Gasteiger partial charge in [0.25, 0.3) is 0 Å². The Morgan fingerprint density at radius 2 is 2.10 bits per heavy atom. The average Bonchev–Trinajstić information content (AvgIpc) is 2.41. The Labute approximate surface area is 118 Å². The third-order valence-electron chi connectivity index (χ3n) is 2.41. The van der Waals surface area contributed by atoms with Gasteiger partial charge < -0.3 is 20.3 Å². The number of nitrogens with one attached hydrogen (secondary N) is 1. The van der Waals surface area contributed by atoms with E-state index in [0.717, 1.165) is 12.3 Å². The summed E-state index contributed by atoms with van der Waals surface area (Å²) in [6, 6.07) is 2.43. The quantitative estimate of drug-likeness (QED) is 0.714. The van der Waals surface area contributed by atoms with Crippen LogP contribution in [0.25, 0.3) is 0 Å². The standard InChI is InChI=1S/C12H15F3N2O4/c1-7(18)16-5-9(19)11(20)8-2-3-10(17-4-8)21-6-12(13,14)15/h2-4,9,11,19-20H,5-6H2,1H3,(H,16,18). The fourth-order valence-corrected chi connectivity index (χ4v) is 1.39. The summed E-state index contributed by atoms with van der Waals surface area (Å²) in [5, 5.41) is 21.7. The molecule has 118 valence electrons. The van der Waals surface area contributed by atoms with Gasteiger partial charge in [-0.3, -0.25) is 4.79 Å². The highest BCUT2D eigenvalue weighted by Gasteiger charge is 2.28. The van der Waals surface area contributed by atoms with Crippen molar-refractivity contribution in [1.29, 1.82) is 0 Å². The number of carbonyl (C=O) groups excluding carboxylic acids is 1. The van der Waals surface area contributed by atoms with Crippen molar-refractivity contribution in [3.63, 3.8) is 0 Å². The van der Waals surface area contributed by atoms with Gasteiger partial charge in [0.1, 0.15) is 12.2 Å². The minimum Gasteiger partial charge on any atom is -0.468 e. The predicted molar refractivity (Wildman–Crippen MR) is 65.4 cm³/mol. The molecule has 0 aliphatic carbocycles. The molecule has 3 N–H and O–H groups in total. The van der Waals surface area contributed by atoms with Crippen LogP contribution in [0.3, 0.4) is 0 Å². The number of carbonyl (C=O) groups is 1. The van der Waals surface area contributed by atoms with E-state index in [2.05, 4.69) is 15.0 Å². The monoisotopic (exact) mass is 308 g/mol. The highest BCUT2D eigenvalue weighted by molar-refractivity contribution is 5.72. The van der Waals surface area contributed by atoms with Crippen molar-refractivity contribution in [3.05, 3.63) is 23.9 Å². The van der Waals surface area contributed by atoms with Gasteiger partial charge >= 0.3 is 6.18 Å². The van der Waals surface area contributed by atoms with E-state index in [9.17, 15) is 28.2 Å². The van der Waals surface area contributed by atoms with Crippen molar-refractivity contribution < 1.29 is 32.9 Å². The topological polar surface area (TPSA) is 91.7 Å². The number of pyridine rings is 1. The lowest BCUT2D eigenvalue weighted by molar-refractivity contribution is -0.154. The summed E-state index contributed by atoms with van der Waals surface area (Å²) in [5.74, 6) is -0.616. The van der Waals surface area contributed by atoms with E-state index in [1.165, 1.54) is 13.0 Å². The maximum atomic E-state index is 11.9. The number of halogens is 3. The van der Waals surface area contributed by atoms with Gasteiger partial charge in [-0.2, -0.15) is 13.2 Å². The zero-order valence-electron chi connectivity index (χ0n) is 11.1. The lowest BCUT2D eigenvalue weighted by Gasteiger charge is -2.18. The molecule has 1 aromatic rings. The second kappa shape index (κ2) is 7.23. The Balaban J connectivity index is 2.58. The van der Waals surface area contributed by atoms with Crippen LogP contribution in [-0.2, 0) is 4.79 Å². The van der Waals surface area contributed by atoms with Crippen LogP contribution in [-0.4, -0.2) is 46.5 Å². The first-order chi connectivity index (χ1) is 9.69. The normalized spacial score (nSPS) is 14.4. The van der Waals surface area contributed by atoms with Gasteiger partial charge in [-0.05, 0) is 6.07 Å². The molecule has 2 unspecified atom stereocenters. The summed E-state index contributed by atoms with van der Waals surface area (Å²) >= 11 is 0. The number of hydrogen-bond donors (Lipinski definition) is 3. The van der Waals surface area contributed by atoms with Gasteiger partial charge in [0.05, 0.1) is 0 Å². The van der Waals surface area contributed by atoms with E-state index >= 15 is 0 Å². The first-order valence-corrected chi connectivity index (χ1v) is 5.95. The van der Waals surface area contributed by atoms with Crippen LogP contribution in [0.15, 0.2) is 18.3 Å². The zero-order chi connectivity index (χ0) is 16.0. The van der Waals surface area contributed by atoms with Crippen molar-refractivity contribution in [2.24, 2.45) is 0 Å². The average molecular weight is 308 g/mol. The molecule has 2 atom stereocenters. The number of ether oxygens (including phenoxy) is 1. The lowest BCUT2D eigenvalue weighted by Crippen LogP contribution is -2.34. The Hall–Kier alpha value is -1.87. The number of nitrogens with zero attached hydrogens (tertiary/aromatic N) is 1. The number of amides is 1. The molecule has 1 rings (SSSR count). The van der Waals surface area contributed by atoms with E-state index in [-0.39, 0.29) is 23.9 Å².